The van der Waals surface area contributed by atoms with Crippen LogP contribution in [-0.2, 0) is 6.42 Å². The third kappa shape index (κ3) is 4.87. The molecule has 0 saturated heterocycles. The normalized spacial score (nSPS) is 10.5. The van der Waals surface area contributed by atoms with E-state index in [1.165, 1.54) is 6.20 Å². The zero-order valence-corrected chi connectivity index (χ0v) is 17.1. The number of hydrogen-bond donors (Lipinski definition) is 1. The monoisotopic (exact) mass is 414 g/mol. The van der Waals surface area contributed by atoms with Crippen LogP contribution in [0, 0.1) is 6.92 Å². The maximum atomic E-state index is 12.5. The molecule has 31 heavy (non-hydrogen) atoms. The first-order valence-electron chi connectivity index (χ1n) is 9.76. The summed E-state index contributed by atoms with van der Waals surface area (Å²) in [7, 11) is 0. The lowest BCUT2D eigenvalue weighted by atomic mass is 10.2. The van der Waals surface area contributed by atoms with Crippen LogP contribution in [0.1, 0.15) is 30.1 Å². The van der Waals surface area contributed by atoms with E-state index in [1.54, 1.807) is 43.0 Å². The van der Waals surface area contributed by atoms with Gasteiger partial charge in [-0.2, -0.15) is 4.98 Å². The molecule has 1 N–H and O–H groups in total. The molecule has 3 aromatic heterocycles. The van der Waals surface area contributed by atoms with E-state index in [2.05, 4.69) is 30.2 Å². The fraction of sp³-hybridized carbons (Fsp3) is 0.130. The number of ether oxygens (including phenoxy) is 1. The maximum absolute atomic E-state index is 12.5. The molecule has 4 rings (SSSR count). The highest BCUT2D eigenvalue weighted by atomic mass is 16.5. The van der Waals surface area contributed by atoms with Crippen molar-refractivity contribution in [3.05, 3.63) is 84.3 Å². The van der Waals surface area contributed by atoms with E-state index < -0.39 is 0 Å². The fourth-order valence-electron chi connectivity index (χ4n) is 2.80. The van der Waals surface area contributed by atoms with Gasteiger partial charge in [-0.05, 0) is 43.2 Å². The first-order chi connectivity index (χ1) is 15.1. The van der Waals surface area contributed by atoms with E-state index >= 15 is 0 Å². The van der Waals surface area contributed by atoms with Crippen molar-refractivity contribution in [2.45, 2.75) is 20.3 Å². The Balaban J connectivity index is 0.00000289. The largest absolute Gasteiger partial charge is 0.424 e. The number of carbonyl (C=O) groups is 1. The van der Waals surface area contributed by atoms with Crippen LogP contribution in [0.3, 0.4) is 0 Å². The molecule has 0 fully saturated rings. The molecule has 156 valence electrons. The topological polar surface area (TPSA) is 103 Å². The summed E-state index contributed by atoms with van der Waals surface area (Å²) in [6.45, 7) is 3.88. The molecule has 0 aliphatic carbocycles. The molecule has 1 amide bonds. The first kappa shape index (κ1) is 20.1. The average molecular weight is 414 g/mol. The predicted molar refractivity (Wildman–Crippen MR) is 118 cm³/mol. The molecule has 0 spiro atoms. The summed E-state index contributed by atoms with van der Waals surface area (Å²) in [6, 6.07) is 11.1. The molecule has 0 radical (unpaired) electrons. The second kappa shape index (κ2) is 9.08. The minimum Gasteiger partial charge on any atom is -0.424 e. The average Bonchev–Trinajstić information content (AvgIpc) is 2.82. The Morgan fingerprint density at radius 3 is 2.71 bits per heavy atom. The second-order valence-electron chi connectivity index (χ2n) is 6.75. The number of hydrogen-bond acceptors (Lipinski definition) is 7. The van der Waals surface area contributed by atoms with Gasteiger partial charge in [0.15, 0.2) is 0 Å². The Hall–Kier alpha value is -4.20. The van der Waals surface area contributed by atoms with E-state index in [9.17, 15) is 4.79 Å². The van der Waals surface area contributed by atoms with Crippen molar-refractivity contribution in [3.8, 4) is 23.0 Å². The number of pyridine rings is 1. The molecule has 0 unspecified atom stereocenters. The molecule has 0 aliphatic rings. The summed E-state index contributed by atoms with van der Waals surface area (Å²) < 4.78 is 5.91. The molecule has 4 aromatic rings. The van der Waals surface area contributed by atoms with Gasteiger partial charge in [0.25, 0.3) is 5.91 Å². The Kier molecular flexibility index (Phi) is 5.89. The molecule has 0 atom stereocenters. The van der Waals surface area contributed by atoms with Crippen LogP contribution in [-0.4, -0.2) is 30.8 Å². The van der Waals surface area contributed by atoms with Gasteiger partial charge in [-0.15, -0.1) is 0 Å². The number of amides is 1. The van der Waals surface area contributed by atoms with Crippen molar-refractivity contribution in [1.82, 2.24) is 24.9 Å². The molecular weight excluding hydrogens is 392 g/mol. The summed E-state index contributed by atoms with van der Waals surface area (Å²) in [5, 5.41) is 2.82. The SMILES string of the molecule is CCc1cnc(C(=O)Nc2ccc(C)c(Oc3nccc(-c4cccnc4)n3)c2)cn1.[HH]. The van der Waals surface area contributed by atoms with E-state index in [0.29, 0.717) is 17.1 Å². The summed E-state index contributed by atoms with van der Waals surface area (Å²) in [4.78, 5) is 33.6. The first-order valence-corrected chi connectivity index (χ1v) is 9.76. The van der Waals surface area contributed by atoms with Crippen LogP contribution < -0.4 is 10.1 Å². The molecule has 3 heterocycles. The van der Waals surface area contributed by atoms with Gasteiger partial charge in [-0.25, -0.2) is 9.97 Å². The standard InChI is InChI=1S/C23H20N6O2.H2/c1-3-17-13-27-20(14-26-17)22(30)28-18-7-6-15(2)21(11-18)31-23-25-10-8-19(29-23)16-5-4-9-24-12-16;/h4-14H,3H2,1-2H3,(H,28,30);1H. The summed E-state index contributed by atoms with van der Waals surface area (Å²) in [6.07, 6.45) is 8.89. The van der Waals surface area contributed by atoms with E-state index in [4.69, 9.17) is 4.74 Å². The van der Waals surface area contributed by atoms with Crippen LogP contribution in [0.4, 0.5) is 5.69 Å². The number of aryl methyl sites for hydroxylation is 2. The van der Waals surface area contributed by atoms with Crippen LogP contribution >= 0.6 is 0 Å². The van der Waals surface area contributed by atoms with Gasteiger partial charge in [0.1, 0.15) is 11.4 Å². The van der Waals surface area contributed by atoms with Crippen LogP contribution in [0.15, 0.2) is 67.4 Å². The van der Waals surface area contributed by atoms with Crippen molar-refractivity contribution in [1.29, 1.82) is 0 Å². The molecule has 1 aromatic carbocycles. The number of benzene rings is 1. The molecular formula is C23H22N6O2. The predicted octanol–water partition coefficient (Wildman–Crippen LogP) is 4.49. The van der Waals surface area contributed by atoms with Crippen molar-refractivity contribution in [2.24, 2.45) is 0 Å². The number of rotatable bonds is 6. The lowest BCUT2D eigenvalue weighted by Crippen LogP contribution is -2.14. The summed E-state index contributed by atoms with van der Waals surface area (Å²) in [5.41, 5.74) is 4.08. The Bertz CT molecular complexity index is 1200. The molecule has 0 bridgehead atoms. The van der Waals surface area contributed by atoms with Gasteiger partial charge in [-0.3, -0.25) is 14.8 Å². The maximum Gasteiger partial charge on any atom is 0.322 e. The Labute approximate surface area is 180 Å². The van der Waals surface area contributed by atoms with Crippen LogP contribution in [0.2, 0.25) is 0 Å². The number of nitrogens with one attached hydrogen (secondary N) is 1. The Morgan fingerprint density at radius 1 is 1.06 bits per heavy atom. The third-order valence-corrected chi connectivity index (χ3v) is 4.54. The smallest absolute Gasteiger partial charge is 0.322 e. The second-order valence-corrected chi connectivity index (χ2v) is 6.75. The molecule has 0 aliphatic heterocycles. The molecule has 8 heteroatoms. The van der Waals surface area contributed by atoms with Crippen molar-refractivity contribution >= 4 is 11.6 Å². The molecule has 8 nitrogen and oxygen atoms in total. The van der Waals surface area contributed by atoms with Gasteiger partial charge in [0, 0.05) is 43.5 Å². The minimum absolute atomic E-state index is 0. The number of nitrogens with zero attached hydrogens (tertiary/aromatic N) is 5. The van der Waals surface area contributed by atoms with Crippen molar-refractivity contribution in [3.63, 3.8) is 0 Å². The fourth-order valence-corrected chi connectivity index (χ4v) is 2.80. The van der Waals surface area contributed by atoms with Gasteiger partial charge in [0.2, 0.25) is 0 Å². The van der Waals surface area contributed by atoms with Crippen LogP contribution in [0.5, 0.6) is 11.8 Å². The zero-order valence-electron chi connectivity index (χ0n) is 17.1. The van der Waals surface area contributed by atoms with Gasteiger partial charge in [0.05, 0.1) is 17.6 Å². The van der Waals surface area contributed by atoms with Crippen molar-refractivity contribution in [2.75, 3.05) is 5.32 Å². The van der Waals surface area contributed by atoms with E-state index in [1.807, 2.05) is 32.0 Å². The van der Waals surface area contributed by atoms with Gasteiger partial charge in [-0.1, -0.05) is 13.0 Å². The zero-order chi connectivity index (χ0) is 21.6. The lowest BCUT2D eigenvalue weighted by molar-refractivity contribution is 0.102. The highest BCUT2D eigenvalue weighted by Gasteiger charge is 2.12. The summed E-state index contributed by atoms with van der Waals surface area (Å²) >= 11 is 0. The van der Waals surface area contributed by atoms with E-state index in [-0.39, 0.29) is 19.0 Å². The lowest BCUT2D eigenvalue weighted by Gasteiger charge is -2.11. The molecule has 0 saturated carbocycles. The quantitative estimate of drug-likeness (QED) is 0.496. The highest BCUT2D eigenvalue weighted by molar-refractivity contribution is 6.02. The number of anilines is 1. The third-order valence-electron chi connectivity index (χ3n) is 4.54. The Morgan fingerprint density at radius 2 is 1.97 bits per heavy atom. The minimum atomic E-state index is -0.347. The van der Waals surface area contributed by atoms with Gasteiger partial charge < -0.3 is 10.1 Å². The number of aromatic nitrogens is 5. The van der Waals surface area contributed by atoms with E-state index in [0.717, 1.165) is 23.2 Å². The highest BCUT2D eigenvalue weighted by Crippen LogP contribution is 2.27. The van der Waals surface area contributed by atoms with Crippen molar-refractivity contribution < 1.29 is 11.0 Å². The summed E-state index contributed by atoms with van der Waals surface area (Å²) in [5.74, 6) is 0.188. The van der Waals surface area contributed by atoms with Gasteiger partial charge >= 0.3 is 6.01 Å². The van der Waals surface area contributed by atoms with Crippen LogP contribution in [0.25, 0.3) is 11.3 Å². The number of carbonyl (C=O) groups excluding carboxylic acids is 1.